The van der Waals surface area contributed by atoms with Crippen molar-refractivity contribution in [2.24, 2.45) is 0 Å². The highest BCUT2D eigenvalue weighted by Crippen LogP contribution is 2.27. The lowest BCUT2D eigenvalue weighted by molar-refractivity contribution is -0.143. The first-order chi connectivity index (χ1) is 10.0. The van der Waals surface area contributed by atoms with Gasteiger partial charge in [-0.1, -0.05) is 19.9 Å². The van der Waals surface area contributed by atoms with Crippen LogP contribution >= 0.6 is 31.9 Å². The van der Waals surface area contributed by atoms with Crippen LogP contribution in [0.4, 0.5) is 0 Å². The number of carbonyl (C=O) groups excluding carboxylic acids is 1. The molecule has 1 unspecified atom stereocenters. The molecule has 0 amide bonds. The zero-order valence-electron chi connectivity index (χ0n) is 12.7. The molecule has 0 bridgehead atoms. The van der Waals surface area contributed by atoms with Crippen LogP contribution in [0, 0.1) is 0 Å². The van der Waals surface area contributed by atoms with Crippen molar-refractivity contribution in [1.82, 2.24) is 10.2 Å². The van der Waals surface area contributed by atoms with Gasteiger partial charge in [0.15, 0.2) is 0 Å². The molecule has 21 heavy (non-hydrogen) atoms. The zero-order chi connectivity index (χ0) is 15.8. The maximum Gasteiger partial charge on any atom is 0.327 e. The molecular formula is C15H22Br2N2O2. The molecule has 118 valence electrons. The molecule has 6 heteroatoms. The lowest BCUT2D eigenvalue weighted by Crippen LogP contribution is -2.36. The van der Waals surface area contributed by atoms with Gasteiger partial charge in [0, 0.05) is 22.0 Å². The van der Waals surface area contributed by atoms with E-state index in [0.717, 1.165) is 40.7 Å². The molecule has 1 atom stereocenters. The summed E-state index contributed by atoms with van der Waals surface area (Å²) in [5.41, 5.74) is 0.886. The standard InChI is InChI=1S/C15H22Br2N2O2/c1-4-19(5-2)9-8-18-14(15(20)21-3)11-6-7-12(16)13(17)10-11/h6-7,10,14,18H,4-5,8-9H2,1-3H3. The predicted molar refractivity (Wildman–Crippen MR) is 92.4 cm³/mol. The van der Waals surface area contributed by atoms with E-state index in [4.69, 9.17) is 4.74 Å². The Labute approximate surface area is 143 Å². The number of hydrogen-bond donors (Lipinski definition) is 1. The van der Waals surface area contributed by atoms with E-state index in [1.165, 1.54) is 7.11 Å². The van der Waals surface area contributed by atoms with E-state index in [2.05, 4.69) is 55.9 Å². The minimum atomic E-state index is -0.449. The van der Waals surface area contributed by atoms with Crippen LogP contribution in [0.25, 0.3) is 0 Å². The number of halogens is 2. The van der Waals surface area contributed by atoms with Crippen LogP contribution in [0.15, 0.2) is 27.1 Å². The van der Waals surface area contributed by atoms with Crippen molar-refractivity contribution >= 4 is 37.8 Å². The van der Waals surface area contributed by atoms with Crippen LogP contribution in [0.3, 0.4) is 0 Å². The highest BCUT2D eigenvalue weighted by Gasteiger charge is 2.21. The second kappa shape index (κ2) is 9.56. The van der Waals surface area contributed by atoms with Gasteiger partial charge in [0.1, 0.15) is 6.04 Å². The van der Waals surface area contributed by atoms with Crippen LogP contribution in [0.2, 0.25) is 0 Å². The largest absolute Gasteiger partial charge is 0.468 e. The van der Waals surface area contributed by atoms with E-state index in [1.807, 2.05) is 18.2 Å². The third-order valence-electron chi connectivity index (χ3n) is 3.38. The number of nitrogens with zero attached hydrogens (tertiary/aromatic N) is 1. The Kier molecular flexibility index (Phi) is 8.48. The zero-order valence-corrected chi connectivity index (χ0v) is 15.8. The second-order valence-electron chi connectivity index (χ2n) is 4.61. The molecule has 0 aliphatic heterocycles. The van der Waals surface area contributed by atoms with Gasteiger partial charge < -0.3 is 9.64 Å². The molecule has 1 rings (SSSR count). The van der Waals surface area contributed by atoms with Crippen LogP contribution in [0.5, 0.6) is 0 Å². The molecule has 0 radical (unpaired) electrons. The van der Waals surface area contributed by atoms with Crippen molar-refractivity contribution in [2.45, 2.75) is 19.9 Å². The number of hydrogen-bond acceptors (Lipinski definition) is 4. The van der Waals surface area contributed by atoms with Crippen LogP contribution in [-0.4, -0.2) is 44.2 Å². The lowest BCUT2D eigenvalue weighted by Gasteiger charge is -2.21. The first-order valence-corrected chi connectivity index (χ1v) is 8.60. The first kappa shape index (κ1) is 18.6. The van der Waals surface area contributed by atoms with Gasteiger partial charge >= 0.3 is 5.97 Å². The topological polar surface area (TPSA) is 41.6 Å². The van der Waals surface area contributed by atoms with E-state index in [1.54, 1.807) is 0 Å². The lowest BCUT2D eigenvalue weighted by atomic mass is 10.1. The van der Waals surface area contributed by atoms with Gasteiger partial charge in [-0.15, -0.1) is 0 Å². The Bertz CT molecular complexity index is 465. The maximum atomic E-state index is 12.0. The summed E-state index contributed by atoms with van der Waals surface area (Å²) in [6.07, 6.45) is 0. The normalized spacial score (nSPS) is 12.5. The van der Waals surface area contributed by atoms with Crippen molar-refractivity contribution in [1.29, 1.82) is 0 Å². The molecule has 1 aromatic carbocycles. The Morgan fingerprint density at radius 2 is 1.95 bits per heavy atom. The van der Waals surface area contributed by atoms with Crippen molar-refractivity contribution in [2.75, 3.05) is 33.3 Å². The molecule has 1 N–H and O–H groups in total. The summed E-state index contributed by atoms with van der Waals surface area (Å²) in [6.45, 7) is 7.91. The van der Waals surface area contributed by atoms with Gasteiger partial charge in [0.25, 0.3) is 0 Å². The number of esters is 1. The van der Waals surface area contributed by atoms with Gasteiger partial charge in [-0.2, -0.15) is 0 Å². The average molecular weight is 422 g/mol. The SMILES string of the molecule is CCN(CC)CCNC(C(=O)OC)c1ccc(Br)c(Br)c1. The van der Waals surface area contributed by atoms with Gasteiger partial charge in [-0.25, -0.2) is 4.79 Å². The average Bonchev–Trinajstić information content (AvgIpc) is 2.50. The fraction of sp³-hybridized carbons (Fsp3) is 0.533. The molecule has 0 aliphatic rings. The van der Waals surface area contributed by atoms with Crippen LogP contribution in [-0.2, 0) is 9.53 Å². The molecule has 4 nitrogen and oxygen atoms in total. The first-order valence-electron chi connectivity index (χ1n) is 7.01. The smallest absolute Gasteiger partial charge is 0.327 e. The van der Waals surface area contributed by atoms with E-state index in [9.17, 15) is 4.79 Å². The summed E-state index contributed by atoms with van der Waals surface area (Å²) in [7, 11) is 1.41. The molecule has 0 aromatic heterocycles. The third kappa shape index (κ3) is 5.70. The molecule has 0 saturated carbocycles. The Hall–Kier alpha value is -0.430. The molecule has 0 aliphatic carbocycles. The fourth-order valence-corrected chi connectivity index (χ4v) is 2.70. The van der Waals surface area contributed by atoms with Crippen molar-refractivity contribution in [3.63, 3.8) is 0 Å². The van der Waals surface area contributed by atoms with E-state index < -0.39 is 6.04 Å². The Morgan fingerprint density at radius 1 is 1.29 bits per heavy atom. The number of methoxy groups -OCH3 is 1. The molecule has 0 spiro atoms. The Balaban J connectivity index is 2.76. The van der Waals surface area contributed by atoms with Crippen LogP contribution < -0.4 is 5.32 Å². The number of rotatable bonds is 8. The third-order valence-corrected chi connectivity index (χ3v) is 5.26. The van der Waals surface area contributed by atoms with Crippen molar-refractivity contribution < 1.29 is 9.53 Å². The summed E-state index contributed by atoms with van der Waals surface area (Å²) in [6, 6.07) is 5.31. The Morgan fingerprint density at radius 3 is 2.48 bits per heavy atom. The monoisotopic (exact) mass is 420 g/mol. The number of carbonyl (C=O) groups is 1. The van der Waals surface area contributed by atoms with E-state index in [-0.39, 0.29) is 5.97 Å². The highest BCUT2D eigenvalue weighted by molar-refractivity contribution is 9.13. The molecule has 0 heterocycles. The van der Waals surface area contributed by atoms with Crippen molar-refractivity contribution in [3.8, 4) is 0 Å². The number of ether oxygens (including phenoxy) is 1. The van der Waals surface area contributed by atoms with Gasteiger partial charge in [-0.3, -0.25) is 5.32 Å². The summed E-state index contributed by atoms with van der Waals surface area (Å²) in [5, 5.41) is 3.28. The second-order valence-corrected chi connectivity index (χ2v) is 6.32. The van der Waals surface area contributed by atoms with Crippen molar-refractivity contribution in [3.05, 3.63) is 32.7 Å². The summed E-state index contributed by atoms with van der Waals surface area (Å²) in [5.74, 6) is -0.274. The summed E-state index contributed by atoms with van der Waals surface area (Å²) < 4.78 is 6.78. The van der Waals surface area contributed by atoms with E-state index in [0.29, 0.717) is 0 Å². The number of likely N-dealkylation sites (N-methyl/N-ethyl adjacent to an activating group) is 1. The summed E-state index contributed by atoms with van der Waals surface area (Å²) in [4.78, 5) is 14.3. The number of benzene rings is 1. The number of nitrogens with one attached hydrogen (secondary N) is 1. The van der Waals surface area contributed by atoms with E-state index >= 15 is 0 Å². The fourth-order valence-electron chi connectivity index (χ4n) is 2.05. The predicted octanol–water partition coefficient (Wildman–Crippen LogP) is 3.36. The molecule has 1 aromatic rings. The minimum Gasteiger partial charge on any atom is -0.468 e. The highest BCUT2D eigenvalue weighted by atomic mass is 79.9. The molecular weight excluding hydrogens is 400 g/mol. The minimum absolute atomic E-state index is 0.274. The van der Waals surface area contributed by atoms with Gasteiger partial charge in [0.05, 0.1) is 7.11 Å². The maximum absolute atomic E-state index is 12.0. The summed E-state index contributed by atoms with van der Waals surface area (Å²) >= 11 is 6.90. The quantitative estimate of drug-likeness (QED) is 0.653. The van der Waals surface area contributed by atoms with Gasteiger partial charge in [-0.05, 0) is 62.6 Å². The van der Waals surface area contributed by atoms with Gasteiger partial charge in [0.2, 0.25) is 0 Å². The van der Waals surface area contributed by atoms with Crippen LogP contribution in [0.1, 0.15) is 25.5 Å². The molecule has 0 saturated heterocycles. The molecule has 0 fully saturated rings.